The molecular weight excluding hydrogens is 322 g/mol. The van der Waals surface area contributed by atoms with E-state index in [9.17, 15) is 13.0 Å². The van der Waals surface area contributed by atoms with E-state index in [1.54, 1.807) is 19.0 Å². The molecule has 0 heterocycles. The first-order valence-corrected chi connectivity index (χ1v) is 11.4. The molecule has 4 nitrogen and oxygen atoms in total. The molecule has 0 amide bonds. The van der Waals surface area contributed by atoms with Crippen LogP contribution in [-0.2, 0) is 10.1 Å². The fourth-order valence-electron chi connectivity index (χ4n) is 3.50. The normalized spacial score (nSPS) is 14.9. The molecule has 0 fully saturated rings. The van der Waals surface area contributed by atoms with E-state index in [1.807, 2.05) is 6.92 Å². The Labute approximate surface area is 151 Å². The molecular formula is C19H41NO3S. The Bertz CT molecular complexity index is 395. The summed E-state index contributed by atoms with van der Waals surface area (Å²) in [5.74, 6) is 0. The van der Waals surface area contributed by atoms with Crippen LogP contribution in [0.1, 0.15) is 104 Å². The van der Waals surface area contributed by atoms with Gasteiger partial charge in [0, 0.05) is 0 Å². The van der Waals surface area contributed by atoms with Crippen molar-refractivity contribution < 1.29 is 13.0 Å². The second-order valence-electron chi connectivity index (χ2n) is 7.31. The largest absolute Gasteiger partial charge is 0.289 e. The molecule has 146 valence electrons. The van der Waals surface area contributed by atoms with Crippen molar-refractivity contribution in [3.63, 3.8) is 0 Å². The molecule has 1 N–H and O–H groups in total. The van der Waals surface area contributed by atoms with Crippen molar-refractivity contribution >= 4 is 10.1 Å². The fourth-order valence-corrected chi connectivity index (χ4v) is 4.73. The molecule has 0 bridgehead atoms. The van der Waals surface area contributed by atoms with Crippen molar-refractivity contribution in [3.05, 3.63) is 0 Å². The van der Waals surface area contributed by atoms with Gasteiger partial charge in [-0.15, -0.1) is 0 Å². The zero-order valence-electron chi connectivity index (χ0n) is 16.5. The minimum absolute atomic E-state index is 0.414. The molecule has 0 aromatic rings. The van der Waals surface area contributed by atoms with E-state index >= 15 is 0 Å². The topological polar surface area (TPSA) is 57.6 Å². The van der Waals surface area contributed by atoms with Gasteiger partial charge in [-0.25, -0.2) is 0 Å². The van der Waals surface area contributed by atoms with Crippen LogP contribution in [-0.4, -0.2) is 36.8 Å². The van der Waals surface area contributed by atoms with Gasteiger partial charge in [0.15, 0.2) is 0 Å². The van der Waals surface area contributed by atoms with Crippen LogP contribution in [0.15, 0.2) is 0 Å². The van der Waals surface area contributed by atoms with E-state index in [0.29, 0.717) is 12.8 Å². The molecule has 0 aliphatic heterocycles. The Balaban J connectivity index is 3.78. The SMILES string of the molecule is CCCCCCCCCCCCCCC(CC)(N(C)C)S(=O)(=O)O. The number of hydrogen-bond acceptors (Lipinski definition) is 3. The lowest BCUT2D eigenvalue weighted by molar-refractivity contribution is 0.198. The molecule has 0 saturated heterocycles. The molecule has 5 heteroatoms. The minimum atomic E-state index is -4.06. The van der Waals surface area contributed by atoms with Gasteiger partial charge in [-0.05, 0) is 26.9 Å². The van der Waals surface area contributed by atoms with Crippen LogP contribution in [0.25, 0.3) is 0 Å². The first-order valence-electron chi connectivity index (χ1n) is 9.96. The number of hydrogen-bond donors (Lipinski definition) is 1. The number of unbranched alkanes of at least 4 members (excludes halogenated alkanes) is 11. The van der Waals surface area contributed by atoms with Gasteiger partial charge >= 0.3 is 0 Å². The second kappa shape index (κ2) is 13.1. The summed E-state index contributed by atoms with van der Waals surface area (Å²) in [4.78, 5) is 0.534. The smallest absolute Gasteiger partial charge is 0.284 e. The van der Waals surface area contributed by atoms with Crippen molar-refractivity contribution in [1.82, 2.24) is 4.90 Å². The summed E-state index contributed by atoms with van der Waals surface area (Å²) in [6, 6.07) is 0. The van der Waals surface area contributed by atoms with Crippen LogP contribution in [0.3, 0.4) is 0 Å². The fraction of sp³-hybridized carbons (Fsp3) is 1.00. The highest BCUT2D eigenvalue weighted by atomic mass is 32.2. The van der Waals surface area contributed by atoms with Crippen molar-refractivity contribution in [2.45, 2.75) is 109 Å². The van der Waals surface area contributed by atoms with E-state index < -0.39 is 15.0 Å². The summed E-state index contributed by atoms with van der Waals surface area (Å²) in [6.45, 7) is 4.08. The van der Waals surface area contributed by atoms with Gasteiger partial charge < -0.3 is 0 Å². The summed E-state index contributed by atoms with van der Waals surface area (Å²) in [5.41, 5.74) is 0. The summed E-state index contributed by atoms with van der Waals surface area (Å²) in [6.07, 6.45) is 16.0. The maximum atomic E-state index is 11.8. The predicted molar refractivity (Wildman–Crippen MR) is 104 cm³/mol. The van der Waals surface area contributed by atoms with E-state index in [4.69, 9.17) is 0 Å². The van der Waals surface area contributed by atoms with Crippen molar-refractivity contribution in [2.75, 3.05) is 14.1 Å². The van der Waals surface area contributed by atoms with Gasteiger partial charge in [0.2, 0.25) is 0 Å². The molecule has 0 saturated carbocycles. The Hall–Kier alpha value is -0.130. The van der Waals surface area contributed by atoms with Crippen molar-refractivity contribution in [2.24, 2.45) is 0 Å². The summed E-state index contributed by atoms with van der Waals surface area (Å²) < 4.78 is 33.2. The Morgan fingerprint density at radius 1 is 0.750 bits per heavy atom. The summed E-state index contributed by atoms with van der Waals surface area (Å²) in [5, 5.41) is 0. The highest BCUT2D eigenvalue weighted by Gasteiger charge is 2.42. The van der Waals surface area contributed by atoms with Crippen LogP contribution >= 0.6 is 0 Å². The van der Waals surface area contributed by atoms with Gasteiger partial charge in [0.05, 0.1) is 0 Å². The first-order chi connectivity index (χ1) is 11.3. The van der Waals surface area contributed by atoms with Crippen LogP contribution in [0.4, 0.5) is 0 Å². The van der Waals surface area contributed by atoms with E-state index in [-0.39, 0.29) is 0 Å². The molecule has 0 aromatic heterocycles. The Morgan fingerprint density at radius 3 is 1.42 bits per heavy atom. The van der Waals surface area contributed by atoms with Gasteiger partial charge in [0.1, 0.15) is 4.87 Å². The van der Waals surface area contributed by atoms with Crippen LogP contribution in [0, 0.1) is 0 Å². The third-order valence-electron chi connectivity index (χ3n) is 5.27. The standard InChI is InChI=1S/C19H41NO3S/c1-5-7-8-9-10-11-12-13-14-15-16-17-18-19(6-2,20(3)4)24(21,22)23/h5-18H2,1-4H3,(H,21,22,23). The lowest BCUT2D eigenvalue weighted by Gasteiger charge is -2.36. The lowest BCUT2D eigenvalue weighted by Crippen LogP contribution is -2.50. The molecule has 1 unspecified atom stereocenters. The molecule has 24 heavy (non-hydrogen) atoms. The molecule has 0 aliphatic carbocycles. The van der Waals surface area contributed by atoms with Gasteiger partial charge in [0.25, 0.3) is 10.1 Å². The van der Waals surface area contributed by atoms with E-state index in [0.717, 1.165) is 19.3 Å². The Kier molecular flexibility index (Phi) is 13.1. The first kappa shape index (κ1) is 23.9. The average molecular weight is 364 g/mol. The van der Waals surface area contributed by atoms with E-state index in [2.05, 4.69) is 6.92 Å². The van der Waals surface area contributed by atoms with Crippen LogP contribution in [0.5, 0.6) is 0 Å². The van der Waals surface area contributed by atoms with Gasteiger partial charge in [-0.1, -0.05) is 90.9 Å². The van der Waals surface area contributed by atoms with Crippen molar-refractivity contribution in [3.8, 4) is 0 Å². The quantitative estimate of drug-likeness (QED) is 0.285. The van der Waals surface area contributed by atoms with Crippen LogP contribution < -0.4 is 0 Å². The zero-order valence-corrected chi connectivity index (χ0v) is 17.3. The number of rotatable bonds is 16. The second-order valence-corrected chi connectivity index (χ2v) is 9.02. The highest BCUT2D eigenvalue weighted by molar-refractivity contribution is 7.87. The average Bonchev–Trinajstić information content (AvgIpc) is 2.50. The lowest BCUT2D eigenvalue weighted by atomic mass is 10.0. The maximum Gasteiger partial charge on any atom is 0.284 e. The summed E-state index contributed by atoms with van der Waals surface area (Å²) in [7, 11) is -0.597. The Morgan fingerprint density at radius 2 is 1.12 bits per heavy atom. The highest BCUT2D eigenvalue weighted by Crippen LogP contribution is 2.30. The van der Waals surface area contributed by atoms with Crippen molar-refractivity contribution in [1.29, 1.82) is 0 Å². The third-order valence-corrected chi connectivity index (χ3v) is 7.09. The zero-order chi connectivity index (χ0) is 18.5. The predicted octanol–water partition coefficient (Wildman–Crippen LogP) is 5.63. The number of nitrogens with zero attached hydrogens (tertiary/aromatic N) is 1. The van der Waals surface area contributed by atoms with Gasteiger partial charge in [-0.2, -0.15) is 8.42 Å². The van der Waals surface area contributed by atoms with E-state index in [1.165, 1.54) is 57.8 Å². The molecule has 1 atom stereocenters. The molecule has 0 radical (unpaired) electrons. The minimum Gasteiger partial charge on any atom is -0.289 e. The van der Waals surface area contributed by atoms with Gasteiger partial charge in [-0.3, -0.25) is 9.45 Å². The summed E-state index contributed by atoms with van der Waals surface area (Å²) >= 11 is 0. The molecule has 0 aromatic carbocycles. The monoisotopic (exact) mass is 363 g/mol. The molecule has 0 spiro atoms. The molecule has 0 rings (SSSR count). The van der Waals surface area contributed by atoms with Crippen LogP contribution in [0.2, 0.25) is 0 Å². The third kappa shape index (κ3) is 8.82. The maximum absolute atomic E-state index is 11.8. The molecule has 0 aliphatic rings.